The van der Waals surface area contributed by atoms with Crippen LogP contribution in [0.15, 0.2) is 22.7 Å². The summed E-state index contributed by atoms with van der Waals surface area (Å²) in [6.07, 6.45) is 0. The van der Waals surface area contributed by atoms with Crippen molar-refractivity contribution < 1.29 is 37.9 Å². The van der Waals surface area contributed by atoms with Gasteiger partial charge in [-0.3, -0.25) is 4.79 Å². The van der Waals surface area contributed by atoms with Crippen LogP contribution in [0.4, 0.5) is 5.69 Å². The van der Waals surface area contributed by atoms with E-state index in [1.807, 2.05) is 0 Å². The molecule has 2 rings (SSSR count). The van der Waals surface area contributed by atoms with Gasteiger partial charge in [-0.15, -0.1) is 0 Å². The number of nitrogens with zero attached hydrogens (tertiary/aromatic N) is 1. The van der Waals surface area contributed by atoms with Crippen molar-refractivity contribution in [2.75, 3.05) is 26.1 Å². The van der Waals surface area contributed by atoms with Gasteiger partial charge in [0.05, 0.1) is 36.7 Å². The Bertz CT molecular complexity index is 912. The number of nitrogens with one attached hydrogen (secondary N) is 1. The fourth-order valence-corrected chi connectivity index (χ4v) is 2.34. The average Bonchev–Trinajstić information content (AvgIpc) is 3.03. The summed E-state index contributed by atoms with van der Waals surface area (Å²) in [4.78, 5) is 47.8. The van der Waals surface area contributed by atoms with Gasteiger partial charge in [0.15, 0.2) is 6.61 Å². The summed E-state index contributed by atoms with van der Waals surface area (Å²) in [6, 6.07) is 3.92. The van der Waals surface area contributed by atoms with Crippen molar-refractivity contribution >= 4 is 29.5 Å². The molecule has 0 fully saturated rings. The molecule has 0 saturated carbocycles. The molecule has 0 unspecified atom stereocenters. The molecule has 0 aliphatic heterocycles. The van der Waals surface area contributed by atoms with Gasteiger partial charge in [-0.25, -0.2) is 14.4 Å². The number of aryl methyl sites for hydroxylation is 2. The number of ether oxygens (including phenoxy) is 3. The lowest BCUT2D eigenvalue weighted by Crippen LogP contribution is -2.23. The molecule has 1 N–H and O–H groups in total. The van der Waals surface area contributed by atoms with Crippen LogP contribution in [-0.4, -0.2) is 49.8 Å². The van der Waals surface area contributed by atoms with Crippen molar-refractivity contribution in [3.05, 3.63) is 46.3 Å². The van der Waals surface area contributed by atoms with Crippen LogP contribution in [0.3, 0.4) is 0 Å². The number of amides is 1. The second kappa shape index (κ2) is 8.80. The molecule has 0 bridgehead atoms. The SMILES string of the molecule is COC(=O)c1ccc(C(=O)OC)c(NC(=O)COC(=O)c2c(C)noc2C)c1. The molecule has 28 heavy (non-hydrogen) atoms. The number of hydrogen-bond donors (Lipinski definition) is 1. The number of methoxy groups -OCH3 is 2. The van der Waals surface area contributed by atoms with Crippen molar-refractivity contribution in [2.45, 2.75) is 13.8 Å². The van der Waals surface area contributed by atoms with Crippen LogP contribution < -0.4 is 5.32 Å². The molecule has 10 nitrogen and oxygen atoms in total. The van der Waals surface area contributed by atoms with E-state index in [4.69, 9.17) is 9.26 Å². The second-order valence-corrected chi connectivity index (χ2v) is 5.57. The number of esters is 3. The minimum absolute atomic E-state index is 0.00754. The summed E-state index contributed by atoms with van der Waals surface area (Å²) < 4.78 is 19.1. The minimum atomic E-state index is -0.775. The molecule has 2 aromatic rings. The molecule has 0 spiro atoms. The predicted octanol–water partition coefficient (Wildman–Crippen LogP) is 1.66. The van der Waals surface area contributed by atoms with E-state index in [9.17, 15) is 19.2 Å². The maximum absolute atomic E-state index is 12.2. The Morgan fingerprint density at radius 1 is 1.04 bits per heavy atom. The molecular weight excluding hydrogens is 372 g/mol. The molecule has 1 aromatic heterocycles. The van der Waals surface area contributed by atoms with E-state index < -0.39 is 30.4 Å². The maximum atomic E-state index is 12.2. The van der Waals surface area contributed by atoms with E-state index in [1.165, 1.54) is 39.3 Å². The summed E-state index contributed by atoms with van der Waals surface area (Å²) >= 11 is 0. The Kier molecular flexibility index (Phi) is 6.48. The molecule has 10 heteroatoms. The van der Waals surface area contributed by atoms with E-state index in [0.29, 0.717) is 5.69 Å². The molecule has 148 valence electrons. The van der Waals surface area contributed by atoms with Crippen LogP contribution in [0.2, 0.25) is 0 Å². The zero-order chi connectivity index (χ0) is 20.8. The third-order valence-electron chi connectivity index (χ3n) is 3.69. The Balaban J connectivity index is 2.14. The quantitative estimate of drug-likeness (QED) is 0.577. The van der Waals surface area contributed by atoms with Crippen molar-refractivity contribution in [1.82, 2.24) is 5.16 Å². The number of rotatable bonds is 6. The summed E-state index contributed by atoms with van der Waals surface area (Å²) in [5, 5.41) is 6.05. The minimum Gasteiger partial charge on any atom is -0.465 e. The van der Waals surface area contributed by atoms with Gasteiger partial charge in [0.25, 0.3) is 5.91 Å². The molecular formula is C18H18N2O8. The first-order valence-electron chi connectivity index (χ1n) is 7.99. The lowest BCUT2D eigenvalue weighted by atomic mass is 10.1. The van der Waals surface area contributed by atoms with Crippen molar-refractivity contribution in [3.8, 4) is 0 Å². The van der Waals surface area contributed by atoms with Crippen molar-refractivity contribution in [2.24, 2.45) is 0 Å². The Morgan fingerprint density at radius 3 is 2.29 bits per heavy atom. The zero-order valence-corrected chi connectivity index (χ0v) is 15.7. The van der Waals surface area contributed by atoms with Gasteiger partial charge in [-0.2, -0.15) is 0 Å². The molecule has 1 aromatic carbocycles. The number of aromatic nitrogens is 1. The van der Waals surface area contributed by atoms with Gasteiger partial charge in [0.2, 0.25) is 0 Å². The highest BCUT2D eigenvalue weighted by atomic mass is 16.5. The van der Waals surface area contributed by atoms with Crippen molar-refractivity contribution in [1.29, 1.82) is 0 Å². The van der Waals surface area contributed by atoms with Crippen LogP contribution >= 0.6 is 0 Å². The van der Waals surface area contributed by atoms with Crippen LogP contribution in [-0.2, 0) is 19.0 Å². The first-order chi connectivity index (χ1) is 13.3. The van der Waals surface area contributed by atoms with Crippen LogP contribution in [0, 0.1) is 13.8 Å². The highest BCUT2D eigenvalue weighted by Crippen LogP contribution is 2.20. The lowest BCUT2D eigenvalue weighted by Gasteiger charge is -2.11. The van der Waals surface area contributed by atoms with E-state index >= 15 is 0 Å². The van der Waals surface area contributed by atoms with Crippen molar-refractivity contribution in [3.63, 3.8) is 0 Å². The van der Waals surface area contributed by atoms with Gasteiger partial charge < -0.3 is 24.1 Å². The van der Waals surface area contributed by atoms with Gasteiger partial charge >= 0.3 is 17.9 Å². The van der Waals surface area contributed by atoms with Gasteiger partial charge in [-0.1, -0.05) is 5.16 Å². The van der Waals surface area contributed by atoms with Gasteiger partial charge in [0.1, 0.15) is 11.3 Å². The summed E-state index contributed by atoms with van der Waals surface area (Å²) in [6.45, 7) is 2.47. The smallest absolute Gasteiger partial charge is 0.344 e. The Hall–Kier alpha value is -3.69. The van der Waals surface area contributed by atoms with Crippen LogP contribution in [0.25, 0.3) is 0 Å². The Labute approximate surface area is 159 Å². The first-order valence-corrected chi connectivity index (χ1v) is 7.99. The van der Waals surface area contributed by atoms with Crippen LogP contribution in [0.5, 0.6) is 0 Å². The van der Waals surface area contributed by atoms with E-state index in [2.05, 4.69) is 19.9 Å². The lowest BCUT2D eigenvalue weighted by molar-refractivity contribution is -0.119. The first kappa shape index (κ1) is 20.6. The third-order valence-corrected chi connectivity index (χ3v) is 3.69. The number of hydrogen-bond acceptors (Lipinski definition) is 9. The predicted molar refractivity (Wildman–Crippen MR) is 94.0 cm³/mol. The normalized spacial score (nSPS) is 10.1. The summed E-state index contributed by atoms with van der Waals surface area (Å²) in [5.74, 6) is -2.62. The number of carbonyl (C=O) groups excluding carboxylic acids is 4. The average molecular weight is 390 g/mol. The molecule has 0 aliphatic carbocycles. The number of anilines is 1. The molecule has 0 aliphatic rings. The summed E-state index contributed by atoms with van der Waals surface area (Å²) in [7, 11) is 2.37. The van der Waals surface area contributed by atoms with E-state index in [0.717, 1.165) is 0 Å². The van der Waals surface area contributed by atoms with Gasteiger partial charge in [-0.05, 0) is 32.0 Å². The number of carbonyl (C=O) groups is 4. The van der Waals surface area contributed by atoms with E-state index in [-0.39, 0.29) is 28.1 Å². The zero-order valence-electron chi connectivity index (χ0n) is 15.7. The largest absolute Gasteiger partial charge is 0.465 e. The third kappa shape index (κ3) is 4.53. The standard InChI is InChI=1S/C18H18N2O8/c1-9-15(10(2)28-20-9)18(24)27-8-14(21)19-13-7-11(16(22)25-3)5-6-12(13)17(23)26-4/h5-7H,8H2,1-4H3,(H,19,21). The maximum Gasteiger partial charge on any atom is 0.344 e. The highest BCUT2D eigenvalue weighted by Gasteiger charge is 2.21. The molecule has 0 saturated heterocycles. The van der Waals surface area contributed by atoms with E-state index in [1.54, 1.807) is 6.92 Å². The topological polar surface area (TPSA) is 134 Å². The molecule has 1 amide bonds. The molecule has 0 radical (unpaired) electrons. The van der Waals surface area contributed by atoms with Crippen LogP contribution in [0.1, 0.15) is 42.5 Å². The molecule has 1 heterocycles. The van der Waals surface area contributed by atoms with Gasteiger partial charge in [0, 0.05) is 0 Å². The fraction of sp³-hybridized carbons (Fsp3) is 0.278. The second-order valence-electron chi connectivity index (χ2n) is 5.57. The highest BCUT2D eigenvalue weighted by molar-refractivity contribution is 6.04. The Morgan fingerprint density at radius 2 is 1.71 bits per heavy atom. The number of benzene rings is 1. The fourth-order valence-electron chi connectivity index (χ4n) is 2.34. The summed E-state index contributed by atoms with van der Waals surface area (Å²) in [5.41, 5.74) is 0.601. The molecule has 0 atom stereocenters. The monoisotopic (exact) mass is 390 g/mol.